The molecule has 0 fully saturated rings. The fourth-order valence-corrected chi connectivity index (χ4v) is 3.79. The van der Waals surface area contributed by atoms with Gasteiger partial charge in [0, 0.05) is 0 Å². The molecule has 0 heterocycles. The summed E-state index contributed by atoms with van der Waals surface area (Å²) in [7, 11) is 1.37. The summed E-state index contributed by atoms with van der Waals surface area (Å²) >= 11 is 6.97. The van der Waals surface area contributed by atoms with Crippen molar-refractivity contribution in [1.29, 1.82) is 0 Å². The molecule has 0 saturated heterocycles. The van der Waals surface area contributed by atoms with Gasteiger partial charge in [0.25, 0.3) is 0 Å². The minimum atomic E-state index is -0.527. The lowest BCUT2D eigenvalue weighted by atomic mass is 10.1. The molecule has 3 aromatic carbocycles. The van der Waals surface area contributed by atoms with Gasteiger partial charge in [0.1, 0.15) is 18.0 Å². The van der Waals surface area contributed by atoms with Crippen molar-refractivity contribution in [2.24, 2.45) is 0 Å². The molecule has 0 radical (unpaired) electrons. The van der Waals surface area contributed by atoms with Crippen LogP contribution in [0.25, 0.3) is 0 Å². The summed E-state index contributed by atoms with van der Waals surface area (Å²) in [5, 5.41) is 0. The van der Waals surface area contributed by atoms with E-state index in [0.29, 0.717) is 24.7 Å². The molecule has 0 aliphatic heterocycles. The summed E-state index contributed by atoms with van der Waals surface area (Å²) in [5.41, 5.74) is 3.00. The number of ether oxygens (including phenoxy) is 3. The summed E-state index contributed by atoms with van der Waals surface area (Å²) in [5.74, 6) is 0.900. The van der Waals surface area contributed by atoms with Gasteiger partial charge in [0.15, 0.2) is 11.5 Å². The zero-order valence-electron chi connectivity index (χ0n) is 16.5. The van der Waals surface area contributed by atoms with Crippen molar-refractivity contribution in [3.05, 3.63) is 95.6 Å². The second kappa shape index (κ2) is 11.2. The summed E-state index contributed by atoms with van der Waals surface area (Å²) in [4.78, 5) is 11.1. The number of benzene rings is 3. The number of esters is 1. The number of carbonyl (C=O) groups is 1. The minimum Gasteiger partial charge on any atom is -0.485 e. The van der Waals surface area contributed by atoms with E-state index >= 15 is 0 Å². The first-order valence-corrected chi connectivity index (χ1v) is 11.2. The monoisotopic (exact) mass is 532 g/mol. The van der Waals surface area contributed by atoms with Crippen molar-refractivity contribution in [1.82, 2.24) is 0 Å². The predicted molar refractivity (Wildman–Crippen MR) is 124 cm³/mol. The van der Waals surface area contributed by atoms with Gasteiger partial charge >= 0.3 is 5.97 Å². The van der Waals surface area contributed by atoms with E-state index in [4.69, 9.17) is 14.2 Å². The van der Waals surface area contributed by atoms with Gasteiger partial charge in [-0.3, -0.25) is 4.79 Å². The Balaban J connectivity index is 1.81. The highest BCUT2D eigenvalue weighted by Gasteiger charge is 2.26. The van der Waals surface area contributed by atoms with Crippen molar-refractivity contribution >= 4 is 37.8 Å². The highest BCUT2D eigenvalue weighted by molar-refractivity contribution is 9.12. The highest BCUT2D eigenvalue weighted by atomic mass is 79.9. The smallest absolute Gasteiger partial charge is 0.320 e. The normalized spacial score (nSPS) is 12.6. The molecule has 0 saturated carbocycles. The van der Waals surface area contributed by atoms with E-state index in [0.717, 1.165) is 16.7 Å². The second-order valence-corrected chi connectivity index (χ2v) is 8.55. The first-order valence-electron chi connectivity index (χ1n) is 9.42. The first-order chi connectivity index (χ1) is 14.6. The van der Waals surface area contributed by atoms with Crippen molar-refractivity contribution in [3.8, 4) is 11.5 Å². The molecular weight excluding hydrogens is 512 g/mol. The number of rotatable bonds is 9. The van der Waals surface area contributed by atoms with Gasteiger partial charge in [0.05, 0.1) is 11.9 Å². The van der Waals surface area contributed by atoms with Crippen molar-refractivity contribution in [2.75, 3.05) is 7.11 Å². The Labute approximate surface area is 193 Å². The molecule has 3 aromatic rings. The molecule has 0 spiro atoms. The third-order valence-corrected chi connectivity index (χ3v) is 7.11. The maximum absolute atomic E-state index is 11.9. The molecule has 30 heavy (non-hydrogen) atoms. The number of hydrogen-bond donors (Lipinski definition) is 0. The zero-order chi connectivity index (χ0) is 21.3. The SMILES string of the molecule is COC(=O)C(Br)C(Br)c1ccc(OCc2ccccc2)c(OCc2ccccc2)c1. The van der Waals surface area contributed by atoms with E-state index in [2.05, 4.69) is 31.9 Å². The topological polar surface area (TPSA) is 44.8 Å². The summed E-state index contributed by atoms with van der Waals surface area (Å²) in [6, 6.07) is 25.6. The number of carbonyl (C=O) groups excluding carboxylic acids is 1. The molecule has 156 valence electrons. The Kier molecular flexibility index (Phi) is 8.34. The zero-order valence-corrected chi connectivity index (χ0v) is 19.6. The number of methoxy groups -OCH3 is 1. The molecule has 0 amide bonds. The van der Waals surface area contributed by atoms with E-state index < -0.39 is 4.83 Å². The van der Waals surface area contributed by atoms with E-state index in [9.17, 15) is 4.79 Å². The summed E-state index contributed by atoms with van der Waals surface area (Å²) in [6.07, 6.45) is 0. The van der Waals surface area contributed by atoms with Gasteiger partial charge < -0.3 is 14.2 Å². The van der Waals surface area contributed by atoms with Gasteiger partial charge in [-0.05, 0) is 28.8 Å². The van der Waals surface area contributed by atoms with Gasteiger partial charge in [-0.2, -0.15) is 0 Å². The van der Waals surface area contributed by atoms with E-state index in [1.807, 2.05) is 78.9 Å². The number of halogens is 2. The average Bonchev–Trinajstić information content (AvgIpc) is 2.81. The van der Waals surface area contributed by atoms with E-state index in [-0.39, 0.29) is 10.8 Å². The molecule has 6 heteroatoms. The predicted octanol–water partition coefficient (Wildman–Crippen LogP) is 6.22. The Morgan fingerprint density at radius 2 is 1.33 bits per heavy atom. The van der Waals surface area contributed by atoms with Crippen LogP contribution < -0.4 is 9.47 Å². The van der Waals surface area contributed by atoms with Gasteiger partial charge in [-0.1, -0.05) is 98.6 Å². The molecule has 0 N–H and O–H groups in total. The Bertz CT molecular complexity index is 948. The van der Waals surface area contributed by atoms with E-state index in [1.165, 1.54) is 7.11 Å². The lowest BCUT2D eigenvalue weighted by Gasteiger charge is -2.18. The molecule has 0 aliphatic rings. The Morgan fingerprint density at radius 3 is 1.87 bits per heavy atom. The second-order valence-electron chi connectivity index (χ2n) is 6.58. The van der Waals surface area contributed by atoms with Crippen LogP contribution >= 0.6 is 31.9 Å². The van der Waals surface area contributed by atoms with Crippen LogP contribution in [0.4, 0.5) is 0 Å². The summed E-state index contributed by atoms with van der Waals surface area (Å²) in [6.45, 7) is 0.844. The lowest BCUT2D eigenvalue weighted by molar-refractivity contribution is -0.139. The van der Waals surface area contributed by atoms with Crippen molar-refractivity contribution < 1.29 is 19.0 Å². The standard InChI is InChI=1S/C24H22Br2O4/c1-28-24(27)23(26)22(25)19-12-13-20(29-15-17-8-4-2-5-9-17)21(14-19)30-16-18-10-6-3-7-11-18/h2-14,22-23H,15-16H2,1H3. The van der Waals surface area contributed by atoms with Crippen LogP contribution in [0.15, 0.2) is 78.9 Å². The van der Waals surface area contributed by atoms with Crippen LogP contribution in [-0.2, 0) is 22.7 Å². The third-order valence-electron chi connectivity index (χ3n) is 4.44. The lowest BCUT2D eigenvalue weighted by Crippen LogP contribution is -2.20. The number of alkyl halides is 2. The molecule has 4 nitrogen and oxygen atoms in total. The Morgan fingerprint density at radius 1 is 0.800 bits per heavy atom. The van der Waals surface area contributed by atoms with Crippen LogP contribution in [0.5, 0.6) is 11.5 Å². The minimum absolute atomic E-state index is 0.285. The molecule has 3 rings (SSSR count). The fraction of sp³-hybridized carbons (Fsp3) is 0.208. The van der Waals surface area contributed by atoms with Gasteiger partial charge in [0.2, 0.25) is 0 Å². The van der Waals surface area contributed by atoms with Crippen LogP contribution in [0, 0.1) is 0 Å². The molecule has 0 aliphatic carbocycles. The molecule has 0 bridgehead atoms. The van der Waals surface area contributed by atoms with Gasteiger partial charge in [-0.15, -0.1) is 0 Å². The van der Waals surface area contributed by atoms with Crippen LogP contribution in [-0.4, -0.2) is 17.9 Å². The summed E-state index contributed by atoms with van der Waals surface area (Å²) < 4.78 is 17.0. The quantitative estimate of drug-likeness (QED) is 0.242. The third kappa shape index (κ3) is 6.09. The van der Waals surface area contributed by atoms with Crippen molar-refractivity contribution in [3.63, 3.8) is 0 Å². The van der Waals surface area contributed by atoms with Crippen LogP contribution in [0.2, 0.25) is 0 Å². The Hall–Kier alpha value is -2.31. The molecule has 0 aromatic heterocycles. The highest BCUT2D eigenvalue weighted by Crippen LogP contribution is 2.38. The largest absolute Gasteiger partial charge is 0.485 e. The average molecular weight is 534 g/mol. The van der Waals surface area contributed by atoms with E-state index in [1.54, 1.807) is 0 Å². The molecule has 2 atom stereocenters. The van der Waals surface area contributed by atoms with Crippen LogP contribution in [0.1, 0.15) is 21.5 Å². The maximum atomic E-state index is 11.9. The fourth-order valence-electron chi connectivity index (χ4n) is 2.80. The maximum Gasteiger partial charge on any atom is 0.320 e. The number of hydrogen-bond acceptors (Lipinski definition) is 4. The first kappa shape index (κ1) is 22.4. The molecule has 2 unspecified atom stereocenters. The van der Waals surface area contributed by atoms with Crippen LogP contribution in [0.3, 0.4) is 0 Å². The van der Waals surface area contributed by atoms with Crippen molar-refractivity contribution in [2.45, 2.75) is 22.9 Å². The molecular formula is C24H22Br2O4. The van der Waals surface area contributed by atoms with Gasteiger partial charge in [-0.25, -0.2) is 0 Å².